The Labute approximate surface area is 167 Å². The maximum absolute atomic E-state index is 8.86. The van der Waals surface area contributed by atoms with E-state index in [0.717, 1.165) is 28.7 Å². The van der Waals surface area contributed by atoms with E-state index in [0.29, 0.717) is 29.5 Å². The number of nitrogens with two attached hydrogens (primary N) is 1. The topological polar surface area (TPSA) is 98.0 Å². The summed E-state index contributed by atoms with van der Waals surface area (Å²) in [4.78, 5) is 0. The number of hydrazine groups is 1. The molecule has 0 atom stereocenters. The van der Waals surface area contributed by atoms with Gasteiger partial charge in [0.15, 0.2) is 0 Å². The van der Waals surface area contributed by atoms with Crippen molar-refractivity contribution in [2.24, 2.45) is 5.84 Å². The van der Waals surface area contributed by atoms with Crippen LogP contribution in [0.4, 0.5) is 11.4 Å². The highest BCUT2D eigenvalue weighted by Crippen LogP contribution is 2.41. The lowest BCUT2D eigenvalue weighted by Crippen LogP contribution is -2.14. The normalized spacial score (nSPS) is 10.4. The molecule has 0 aromatic heterocycles. The highest BCUT2D eigenvalue weighted by atomic mass is 79.9. The molecule has 0 aliphatic carbocycles. The Bertz CT molecular complexity index is 743. The summed E-state index contributed by atoms with van der Waals surface area (Å²) in [6.07, 6.45) is 0.977. The Morgan fingerprint density at radius 3 is 2.52 bits per heavy atom. The van der Waals surface area contributed by atoms with Crippen LogP contribution in [0.5, 0.6) is 17.2 Å². The van der Waals surface area contributed by atoms with Crippen molar-refractivity contribution >= 4 is 27.3 Å². The Hall–Kier alpha value is -2.16. The van der Waals surface area contributed by atoms with Crippen LogP contribution in [0.25, 0.3) is 0 Å². The molecule has 2 rings (SSSR count). The second-order valence-corrected chi connectivity index (χ2v) is 6.50. The van der Waals surface area contributed by atoms with Crippen LogP contribution >= 0.6 is 15.9 Å². The SMILES string of the molecule is CCCNc1c(OC)cc(COc2cccc(OCCO)c2)c(Br)c1NN. The number of benzene rings is 2. The number of hydrogen-bond donors (Lipinski definition) is 4. The quantitative estimate of drug-likeness (QED) is 0.314. The molecule has 2 aromatic carbocycles. The molecule has 148 valence electrons. The summed E-state index contributed by atoms with van der Waals surface area (Å²) in [5, 5.41) is 12.2. The molecule has 0 aliphatic heterocycles. The zero-order valence-electron chi connectivity index (χ0n) is 15.5. The molecule has 0 fully saturated rings. The van der Waals surface area contributed by atoms with E-state index in [1.807, 2.05) is 24.3 Å². The summed E-state index contributed by atoms with van der Waals surface area (Å²) < 4.78 is 17.6. The summed E-state index contributed by atoms with van der Waals surface area (Å²) in [5.74, 6) is 7.71. The monoisotopic (exact) mass is 439 g/mol. The lowest BCUT2D eigenvalue weighted by Gasteiger charge is -2.19. The summed E-state index contributed by atoms with van der Waals surface area (Å²) >= 11 is 3.60. The van der Waals surface area contributed by atoms with Crippen molar-refractivity contribution in [3.8, 4) is 17.2 Å². The van der Waals surface area contributed by atoms with E-state index >= 15 is 0 Å². The number of nitrogen functional groups attached to an aromatic ring is 1. The van der Waals surface area contributed by atoms with Gasteiger partial charge in [-0.25, -0.2) is 0 Å². The van der Waals surface area contributed by atoms with Gasteiger partial charge in [0, 0.05) is 18.2 Å². The molecule has 0 unspecified atom stereocenters. The van der Waals surface area contributed by atoms with Gasteiger partial charge in [-0.3, -0.25) is 5.84 Å². The van der Waals surface area contributed by atoms with Crippen LogP contribution < -0.4 is 30.8 Å². The van der Waals surface area contributed by atoms with Crippen molar-refractivity contribution in [1.29, 1.82) is 0 Å². The smallest absolute Gasteiger partial charge is 0.144 e. The second-order valence-electron chi connectivity index (χ2n) is 5.71. The van der Waals surface area contributed by atoms with Gasteiger partial charge in [-0.2, -0.15) is 0 Å². The number of ether oxygens (including phenoxy) is 3. The highest BCUT2D eigenvalue weighted by molar-refractivity contribution is 9.10. The van der Waals surface area contributed by atoms with Crippen molar-refractivity contribution in [3.05, 3.63) is 40.4 Å². The van der Waals surface area contributed by atoms with Gasteiger partial charge in [0.05, 0.1) is 23.9 Å². The van der Waals surface area contributed by atoms with E-state index in [1.54, 1.807) is 13.2 Å². The van der Waals surface area contributed by atoms with Crippen molar-refractivity contribution in [1.82, 2.24) is 0 Å². The number of methoxy groups -OCH3 is 1. The number of nitrogens with one attached hydrogen (secondary N) is 2. The maximum atomic E-state index is 8.86. The molecule has 0 saturated carbocycles. The van der Waals surface area contributed by atoms with Gasteiger partial charge in [-0.05, 0) is 40.5 Å². The first-order chi connectivity index (χ1) is 13.1. The van der Waals surface area contributed by atoms with Gasteiger partial charge in [0.25, 0.3) is 0 Å². The van der Waals surface area contributed by atoms with Crippen LogP contribution in [0.3, 0.4) is 0 Å². The molecule has 0 amide bonds. The molecule has 0 aliphatic rings. The minimum atomic E-state index is -0.0366. The van der Waals surface area contributed by atoms with Gasteiger partial charge in [-0.15, -0.1) is 0 Å². The average molecular weight is 440 g/mol. The zero-order valence-corrected chi connectivity index (χ0v) is 17.1. The molecule has 8 heteroatoms. The minimum Gasteiger partial charge on any atom is -0.494 e. The third-order valence-corrected chi connectivity index (χ3v) is 4.68. The Kier molecular flexibility index (Phi) is 8.50. The lowest BCUT2D eigenvalue weighted by molar-refractivity contribution is 0.200. The zero-order chi connectivity index (χ0) is 19.6. The third kappa shape index (κ3) is 5.66. The van der Waals surface area contributed by atoms with E-state index in [-0.39, 0.29) is 13.2 Å². The number of anilines is 2. The Balaban J connectivity index is 2.21. The van der Waals surface area contributed by atoms with Gasteiger partial charge >= 0.3 is 0 Å². The van der Waals surface area contributed by atoms with Crippen LogP contribution in [0.15, 0.2) is 34.8 Å². The van der Waals surface area contributed by atoms with E-state index in [9.17, 15) is 0 Å². The van der Waals surface area contributed by atoms with Crippen molar-refractivity contribution in [2.45, 2.75) is 20.0 Å². The largest absolute Gasteiger partial charge is 0.494 e. The summed E-state index contributed by atoms with van der Waals surface area (Å²) in [7, 11) is 1.62. The first kappa shape index (κ1) is 21.1. The molecule has 0 saturated heterocycles. The Morgan fingerprint density at radius 1 is 1.15 bits per heavy atom. The fraction of sp³-hybridized carbons (Fsp3) is 0.368. The third-order valence-electron chi connectivity index (χ3n) is 3.78. The number of halogens is 1. The second kappa shape index (κ2) is 10.9. The van der Waals surface area contributed by atoms with E-state index in [2.05, 4.69) is 33.6 Å². The fourth-order valence-corrected chi connectivity index (χ4v) is 3.03. The van der Waals surface area contributed by atoms with Crippen LogP contribution in [0, 0.1) is 0 Å². The van der Waals surface area contributed by atoms with Crippen LogP contribution in [0.2, 0.25) is 0 Å². The van der Waals surface area contributed by atoms with Crippen LogP contribution in [0.1, 0.15) is 18.9 Å². The first-order valence-electron chi connectivity index (χ1n) is 8.70. The predicted molar refractivity (Wildman–Crippen MR) is 111 cm³/mol. The predicted octanol–water partition coefficient (Wildman–Crippen LogP) is 3.52. The lowest BCUT2D eigenvalue weighted by atomic mass is 10.1. The highest BCUT2D eigenvalue weighted by Gasteiger charge is 2.17. The number of hydrogen-bond acceptors (Lipinski definition) is 7. The fourth-order valence-electron chi connectivity index (χ4n) is 2.49. The standard InChI is InChI=1S/C19H26BrN3O4/c1-3-7-22-18-16(25-2)10-13(17(20)19(18)23-21)12-27-15-6-4-5-14(11-15)26-9-8-24/h4-6,10-11,22-24H,3,7-9,12,21H2,1-2H3. The van der Waals surface area contributed by atoms with Crippen molar-refractivity contribution < 1.29 is 19.3 Å². The van der Waals surface area contributed by atoms with E-state index < -0.39 is 0 Å². The Morgan fingerprint density at radius 2 is 1.89 bits per heavy atom. The number of rotatable bonds is 11. The van der Waals surface area contributed by atoms with Gasteiger partial charge in [-0.1, -0.05) is 13.0 Å². The molecule has 0 bridgehead atoms. The maximum Gasteiger partial charge on any atom is 0.144 e. The molecule has 0 radical (unpaired) electrons. The van der Waals surface area contributed by atoms with Crippen molar-refractivity contribution in [2.75, 3.05) is 37.6 Å². The number of aliphatic hydroxyl groups excluding tert-OH is 1. The molecular weight excluding hydrogens is 414 g/mol. The van der Waals surface area contributed by atoms with E-state index in [4.69, 9.17) is 25.2 Å². The first-order valence-corrected chi connectivity index (χ1v) is 9.50. The van der Waals surface area contributed by atoms with E-state index in [1.165, 1.54) is 0 Å². The van der Waals surface area contributed by atoms with Crippen LogP contribution in [-0.2, 0) is 6.61 Å². The molecular formula is C19H26BrN3O4. The van der Waals surface area contributed by atoms with Gasteiger partial charge < -0.3 is 30.1 Å². The molecule has 7 nitrogen and oxygen atoms in total. The molecule has 0 spiro atoms. The number of aliphatic hydroxyl groups is 1. The molecule has 27 heavy (non-hydrogen) atoms. The van der Waals surface area contributed by atoms with Crippen molar-refractivity contribution in [3.63, 3.8) is 0 Å². The van der Waals surface area contributed by atoms with Gasteiger partial charge in [0.1, 0.15) is 36.1 Å². The minimum absolute atomic E-state index is 0.0366. The average Bonchev–Trinajstić information content (AvgIpc) is 2.70. The van der Waals surface area contributed by atoms with Gasteiger partial charge in [0.2, 0.25) is 0 Å². The van der Waals surface area contributed by atoms with Crippen LogP contribution in [-0.4, -0.2) is 32.0 Å². The molecule has 0 heterocycles. The summed E-state index contributed by atoms with van der Waals surface area (Å²) in [5.41, 5.74) is 5.12. The molecule has 5 N–H and O–H groups in total. The summed E-state index contributed by atoms with van der Waals surface area (Å²) in [6, 6.07) is 9.18. The summed E-state index contributed by atoms with van der Waals surface area (Å²) in [6.45, 7) is 3.40. The molecule has 2 aromatic rings.